The van der Waals surface area contributed by atoms with Crippen LogP contribution in [0.1, 0.15) is 17.5 Å². The van der Waals surface area contributed by atoms with Gasteiger partial charge in [-0.3, -0.25) is 0 Å². The van der Waals surface area contributed by atoms with E-state index in [9.17, 15) is 0 Å². The van der Waals surface area contributed by atoms with Gasteiger partial charge in [-0.25, -0.2) is 0 Å². The number of benzene rings is 5. The van der Waals surface area contributed by atoms with E-state index in [1.807, 2.05) is 0 Å². The summed E-state index contributed by atoms with van der Waals surface area (Å²) in [4.78, 5) is 0. The van der Waals surface area contributed by atoms with Crippen LogP contribution >= 0.6 is 0 Å². The molecule has 5 aromatic rings. The zero-order valence-electron chi connectivity index (χ0n) is 15.2. The second-order valence-corrected chi connectivity index (χ2v) is 7.68. The third-order valence-corrected chi connectivity index (χ3v) is 6.17. The van der Waals surface area contributed by atoms with Crippen molar-refractivity contribution in [2.24, 2.45) is 0 Å². The Balaban J connectivity index is 1.73. The van der Waals surface area contributed by atoms with E-state index < -0.39 is 0 Å². The molecule has 27 heavy (non-hydrogen) atoms. The summed E-state index contributed by atoms with van der Waals surface area (Å²) in [7, 11) is 0. The molecule has 0 saturated heterocycles. The van der Waals surface area contributed by atoms with Gasteiger partial charge in [-0.1, -0.05) is 66.7 Å². The summed E-state index contributed by atoms with van der Waals surface area (Å²) in [6, 6.07) is 31.4. The van der Waals surface area contributed by atoms with Crippen molar-refractivity contribution in [1.29, 1.82) is 0 Å². The molecule has 1 aliphatic rings. The highest BCUT2D eigenvalue weighted by atomic mass is 14.2. The lowest BCUT2D eigenvalue weighted by molar-refractivity contribution is 0.914. The van der Waals surface area contributed by atoms with Crippen LogP contribution in [0.3, 0.4) is 0 Å². The van der Waals surface area contributed by atoms with E-state index in [1.54, 1.807) is 11.1 Å². The van der Waals surface area contributed by atoms with Crippen LogP contribution in [-0.4, -0.2) is 0 Å². The number of aryl methyl sites for hydroxylation is 1. The van der Waals surface area contributed by atoms with Gasteiger partial charge in [0.25, 0.3) is 0 Å². The molecular formula is C27H20. The molecule has 0 radical (unpaired) electrons. The molecule has 0 fully saturated rings. The van der Waals surface area contributed by atoms with Crippen molar-refractivity contribution < 1.29 is 0 Å². The van der Waals surface area contributed by atoms with Crippen molar-refractivity contribution in [3.8, 4) is 11.1 Å². The fourth-order valence-corrected chi connectivity index (χ4v) is 4.92. The van der Waals surface area contributed by atoms with E-state index in [-0.39, 0.29) is 0 Å². The molecule has 0 saturated carbocycles. The third-order valence-electron chi connectivity index (χ3n) is 6.17. The first kappa shape index (κ1) is 15.0. The van der Waals surface area contributed by atoms with Crippen LogP contribution in [0.25, 0.3) is 43.4 Å². The minimum atomic E-state index is 1.19. The molecule has 0 bridgehead atoms. The topological polar surface area (TPSA) is 0 Å². The predicted octanol–water partition coefficient (Wildman–Crippen LogP) is 7.30. The Bertz CT molecular complexity index is 1340. The average Bonchev–Trinajstić information content (AvgIpc) is 3.22. The monoisotopic (exact) mass is 344 g/mol. The van der Waals surface area contributed by atoms with Gasteiger partial charge in [0.1, 0.15) is 0 Å². The highest BCUT2D eigenvalue weighted by Gasteiger charge is 2.20. The van der Waals surface area contributed by atoms with E-state index in [0.717, 1.165) is 0 Å². The van der Waals surface area contributed by atoms with Gasteiger partial charge >= 0.3 is 0 Å². The Kier molecular flexibility index (Phi) is 3.16. The molecule has 0 unspecified atom stereocenters. The molecule has 0 aliphatic heterocycles. The quantitative estimate of drug-likeness (QED) is 0.280. The molecule has 5 aromatic carbocycles. The molecule has 0 heterocycles. The van der Waals surface area contributed by atoms with E-state index in [2.05, 4.69) is 84.9 Å². The standard InChI is InChI=1S/C27H20/c1-2-9-20-16-26-21(15-19(20)8-1)17-27(25-14-6-13-24(25)26)23-12-5-10-18-7-3-4-11-22(18)23/h1-5,7-12,15-17H,6,13-14H2. The number of rotatable bonds is 1. The van der Waals surface area contributed by atoms with Gasteiger partial charge in [-0.2, -0.15) is 0 Å². The lowest BCUT2D eigenvalue weighted by Crippen LogP contribution is -1.92. The lowest BCUT2D eigenvalue weighted by Gasteiger charge is -2.15. The highest BCUT2D eigenvalue weighted by molar-refractivity contribution is 6.05. The van der Waals surface area contributed by atoms with Crippen LogP contribution in [0.15, 0.2) is 84.9 Å². The number of hydrogen-bond acceptors (Lipinski definition) is 0. The van der Waals surface area contributed by atoms with Gasteiger partial charge in [0.15, 0.2) is 0 Å². The molecule has 6 rings (SSSR count). The SMILES string of the molecule is c1ccc2cc3c4c(c(-c5cccc6ccccc56)cc3cc2c1)CCC4. The fraction of sp³-hybridized carbons (Fsp3) is 0.111. The van der Waals surface area contributed by atoms with Crippen LogP contribution in [0.4, 0.5) is 0 Å². The molecule has 0 amide bonds. The van der Waals surface area contributed by atoms with Gasteiger partial charge in [0.05, 0.1) is 0 Å². The minimum absolute atomic E-state index is 1.19. The summed E-state index contributed by atoms with van der Waals surface area (Å²) in [6.07, 6.45) is 3.65. The zero-order chi connectivity index (χ0) is 17.8. The van der Waals surface area contributed by atoms with Gasteiger partial charge in [0, 0.05) is 0 Å². The van der Waals surface area contributed by atoms with E-state index in [4.69, 9.17) is 0 Å². The third kappa shape index (κ3) is 2.23. The maximum atomic E-state index is 2.44. The predicted molar refractivity (Wildman–Crippen MR) is 116 cm³/mol. The van der Waals surface area contributed by atoms with Gasteiger partial charge in [-0.05, 0) is 92.0 Å². The summed E-state index contributed by atoms with van der Waals surface area (Å²) in [5, 5.41) is 8.17. The lowest BCUT2D eigenvalue weighted by atomic mass is 9.88. The molecule has 0 nitrogen and oxygen atoms in total. The first-order valence-corrected chi connectivity index (χ1v) is 9.84. The first-order chi connectivity index (χ1) is 13.4. The molecule has 1 aliphatic carbocycles. The Morgan fingerprint density at radius 2 is 1.15 bits per heavy atom. The van der Waals surface area contributed by atoms with Crippen LogP contribution < -0.4 is 0 Å². The van der Waals surface area contributed by atoms with Gasteiger partial charge in [-0.15, -0.1) is 0 Å². The Morgan fingerprint density at radius 1 is 0.444 bits per heavy atom. The summed E-state index contributed by atoms with van der Waals surface area (Å²) in [6.45, 7) is 0. The normalized spacial score (nSPS) is 13.5. The second kappa shape index (κ2) is 5.69. The maximum absolute atomic E-state index is 2.44. The smallest absolute Gasteiger partial charge is 0.0102 e. The van der Waals surface area contributed by atoms with Crippen LogP contribution in [0.2, 0.25) is 0 Å². The van der Waals surface area contributed by atoms with Crippen molar-refractivity contribution in [1.82, 2.24) is 0 Å². The Labute approximate surface area is 159 Å². The van der Waals surface area contributed by atoms with Crippen molar-refractivity contribution in [3.63, 3.8) is 0 Å². The average molecular weight is 344 g/mol. The summed E-state index contributed by atoms with van der Waals surface area (Å²) < 4.78 is 0. The molecule has 128 valence electrons. The highest BCUT2D eigenvalue weighted by Crippen LogP contribution is 2.41. The van der Waals surface area contributed by atoms with E-state index >= 15 is 0 Å². The number of hydrogen-bond donors (Lipinski definition) is 0. The first-order valence-electron chi connectivity index (χ1n) is 9.84. The van der Waals surface area contributed by atoms with Crippen molar-refractivity contribution in [3.05, 3.63) is 96.1 Å². The van der Waals surface area contributed by atoms with Gasteiger partial charge in [0.2, 0.25) is 0 Å². The minimum Gasteiger partial charge on any atom is -0.0616 e. The number of fused-ring (bicyclic) bond motifs is 5. The van der Waals surface area contributed by atoms with Crippen molar-refractivity contribution >= 4 is 32.3 Å². The van der Waals surface area contributed by atoms with Gasteiger partial charge < -0.3 is 0 Å². The van der Waals surface area contributed by atoms with Crippen LogP contribution in [0.5, 0.6) is 0 Å². The van der Waals surface area contributed by atoms with Crippen molar-refractivity contribution in [2.45, 2.75) is 19.3 Å². The van der Waals surface area contributed by atoms with Crippen LogP contribution in [-0.2, 0) is 12.8 Å². The largest absolute Gasteiger partial charge is 0.0616 e. The van der Waals surface area contributed by atoms with E-state index in [0.29, 0.717) is 0 Å². The Hall–Kier alpha value is -3.12. The zero-order valence-corrected chi connectivity index (χ0v) is 15.2. The molecule has 0 heteroatoms. The molecule has 0 spiro atoms. The summed E-state index contributed by atoms with van der Waals surface area (Å²) in [5.41, 5.74) is 5.94. The maximum Gasteiger partial charge on any atom is -0.0102 e. The fourth-order valence-electron chi connectivity index (χ4n) is 4.92. The second-order valence-electron chi connectivity index (χ2n) is 7.68. The molecule has 0 atom stereocenters. The van der Waals surface area contributed by atoms with Crippen LogP contribution in [0, 0.1) is 0 Å². The summed E-state index contributed by atoms with van der Waals surface area (Å²) in [5.74, 6) is 0. The summed E-state index contributed by atoms with van der Waals surface area (Å²) >= 11 is 0. The van der Waals surface area contributed by atoms with E-state index in [1.165, 1.54) is 62.7 Å². The molecule has 0 N–H and O–H groups in total. The molecular weight excluding hydrogens is 324 g/mol. The molecule has 0 aromatic heterocycles. The van der Waals surface area contributed by atoms with Crippen molar-refractivity contribution in [2.75, 3.05) is 0 Å². The Morgan fingerprint density at radius 3 is 2.04 bits per heavy atom.